The van der Waals surface area contributed by atoms with Crippen LogP contribution in [0, 0.1) is 5.82 Å². The van der Waals surface area contributed by atoms with Crippen molar-refractivity contribution in [2.24, 2.45) is 0 Å². The number of aromatic nitrogens is 1. The summed E-state index contributed by atoms with van der Waals surface area (Å²) in [4.78, 5) is 32.4. The summed E-state index contributed by atoms with van der Waals surface area (Å²) < 4.78 is 18.9. The van der Waals surface area contributed by atoms with Crippen molar-refractivity contribution < 1.29 is 18.7 Å². The van der Waals surface area contributed by atoms with Crippen molar-refractivity contribution in [1.82, 2.24) is 9.88 Å². The summed E-state index contributed by atoms with van der Waals surface area (Å²) in [6.07, 6.45) is 0.354. The predicted octanol–water partition coefficient (Wildman–Crippen LogP) is 2.87. The van der Waals surface area contributed by atoms with Crippen LogP contribution in [0.5, 0.6) is 5.88 Å². The number of carbonyl (C=O) groups excluding carboxylic acids is 2. The number of rotatable bonds is 4. The van der Waals surface area contributed by atoms with Gasteiger partial charge in [-0.2, -0.15) is 0 Å². The van der Waals surface area contributed by atoms with Gasteiger partial charge in [0.2, 0.25) is 11.8 Å². The second-order valence-corrected chi connectivity index (χ2v) is 7.15. The summed E-state index contributed by atoms with van der Waals surface area (Å²) in [6.45, 7) is 2.11. The van der Waals surface area contributed by atoms with Crippen molar-refractivity contribution >= 4 is 29.1 Å². The molecule has 2 amide bonds. The molecule has 3 rings (SSSR count). The Hall–Kier alpha value is -2.67. The lowest BCUT2D eigenvalue weighted by Crippen LogP contribution is -2.46. The van der Waals surface area contributed by atoms with Gasteiger partial charge in [-0.1, -0.05) is 12.1 Å². The van der Waals surface area contributed by atoms with Crippen LogP contribution >= 0.6 is 11.6 Å². The van der Waals surface area contributed by atoms with Crippen LogP contribution in [0.2, 0.25) is 0 Å². The Morgan fingerprint density at radius 3 is 2.61 bits per heavy atom. The van der Waals surface area contributed by atoms with Crippen LogP contribution in [0.4, 0.5) is 10.1 Å². The molecule has 28 heavy (non-hydrogen) atoms. The number of fused-ring (bicyclic) bond motifs is 1. The van der Waals surface area contributed by atoms with E-state index < -0.39 is 0 Å². The number of carbonyl (C=O) groups is 2. The summed E-state index contributed by atoms with van der Waals surface area (Å²) in [5.41, 5.74) is 2.16. The Labute approximate surface area is 167 Å². The van der Waals surface area contributed by atoms with E-state index in [9.17, 15) is 14.0 Å². The van der Waals surface area contributed by atoms with Crippen molar-refractivity contribution in [3.05, 3.63) is 53.0 Å². The topological polar surface area (TPSA) is 62.7 Å². The summed E-state index contributed by atoms with van der Waals surface area (Å²) in [5.74, 6) is -0.824. The van der Waals surface area contributed by atoms with Gasteiger partial charge in [-0.05, 0) is 42.7 Å². The lowest BCUT2D eigenvalue weighted by atomic mass is 10.0. The van der Waals surface area contributed by atoms with Gasteiger partial charge in [-0.25, -0.2) is 9.37 Å². The maximum absolute atomic E-state index is 13.2. The highest BCUT2D eigenvalue weighted by atomic mass is 35.5. The van der Waals surface area contributed by atoms with Gasteiger partial charge in [0, 0.05) is 14.1 Å². The van der Waals surface area contributed by atoms with E-state index in [4.69, 9.17) is 16.3 Å². The van der Waals surface area contributed by atoms with Gasteiger partial charge in [0.15, 0.2) is 0 Å². The number of nitrogens with zero attached hydrogens (tertiary/aromatic N) is 3. The predicted molar refractivity (Wildman–Crippen MR) is 105 cm³/mol. The number of hydrogen-bond donors (Lipinski definition) is 0. The number of anilines is 1. The van der Waals surface area contributed by atoms with Crippen molar-refractivity contribution in [2.75, 3.05) is 31.5 Å². The molecule has 0 aliphatic carbocycles. The Bertz CT molecular complexity index is 902. The fraction of sp³-hybridized carbons (Fsp3) is 0.350. The zero-order valence-electron chi connectivity index (χ0n) is 15.9. The van der Waals surface area contributed by atoms with Gasteiger partial charge in [-0.15, -0.1) is 11.6 Å². The van der Waals surface area contributed by atoms with E-state index in [0.717, 1.165) is 5.56 Å². The molecule has 2 heterocycles. The molecule has 1 aromatic heterocycles. The van der Waals surface area contributed by atoms with Crippen molar-refractivity contribution in [3.8, 4) is 5.88 Å². The third-order valence-electron chi connectivity index (χ3n) is 4.51. The Morgan fingerprint density at radius 1 is 1.32 bits per heavy atom. The average Bonchev–Trinajstić information content (AvgIpc) is 2.68. The van der Waals surface area contributed by atoms with Gasteiger partial charge < -0.3 is 14.5 Å². The van der Waals surface area contributed by atoms with Crippen LogP contribution < -0.4 is 9.64 Å². The molecule has 0 saturated heterocycles. The maximum atomic E-state index is 13.2. The standard InChI is InChI=1S/C20H21ClFN3O3/c1-12-11-28-19-16(25(12)17(26)10-21)9-14(18(23-19)20(27)24(2)3)8-13-4-6-15(22)7-5-13/h4-7,9,12H,8,10-11H2,1-3H3/t12-/m0/s1. The lowest BCUT2D eigenvalue weighted by Gasteiger charge is -2.34. The Kier molecular flexibility index (Phi) is 5.84. The van der Waals surface area contributed by atoms with E-state index >= 15 is 0 Å². The average molecular weight is 406 g/mol. The minimum atomic E-state index is -0.335. The molecule has 6 nitrogen and oxygen atoms in total. The third kappa shape index (κ3) is 3.94. The smallest absolute Gasteiger partial charge is 0.272 e. The Balaban J connectivity index is 2.12. The van der Waals surface area contributed by atoms with Gasteiger partial charge in [0.25, 0.3) is 5.91 Å². The molecule has 1 aliphatic rings. The first-order chi connectivity index (χ1) is 13.3. The van der Waals surface area contributed by atoms with Crippen molar-refractivity contribution in [2.45, 2.75) is 19.4 Å². The quantitative estimate of drug-likeness (QED) is 0.734. The highest BCUT2D eigenvalue weighted by molar-refractivity contribution is 6.29. The van der Waals surface area contributed by atoms with Crippen LogP contribution in [0.15, 0.2) is 30.3 Å². The van der Waals surface area contributed by atoms with Crippen LogP contribution in [-0.2, 0) is 11.2 Å². The zero-order chi connectivity index (χ0) is 20.4. The number of halogens is 2. The zero-order valence-corrected chi connectivity index (χ0v) is 16.7. The molecule has 0 spiro atoms. The Morgan fingerprint density at radius 2 is 2.00 bits per heavy atom. The fourth-order valence-corrected chi connectivity index (χ4v) is 3.24. The number of alkyl halides is 1. The molecular formula is C20H21ClFN3O3. The van der Waals surface area contributed by atoms with Gasteiger partial charge in [-0.3, -0.25) is 9.59 Å². The number of benzene rings is 1. The van der Waals surface area contributed by atoms with Gasteiger partial charge in [0.05, 0.1) is 6.04 Å². The molecule has 8 heteroatoms. The molecule has 0 radical (unpaired) electrons. The monoisotopic (exact) mass is 405 g/mol. The third-order valence-corrected chi connectivity index (χ3v) is 4.74. The van der Waals surface area contributed by atoms with Crippen molar-refractivity contribution in [1.29, 1.82) is 0 Å². The van der Waals surface area contributed by atoms with Crippen LogP contribution in [0.3, 0.4) is 0 Å². The first-order valence-corrected chi connectivity index (χ1v) is 9.36. The fourth-order valence-electron chi connectivity index (χ4n) is 3.11. The van der Waals surface area contributed by atoms with E-state index in [0.29, 0.717) is 17.7 Å². The number of hydrogen-bond acceptors (Lipinski definition) is 4. The highest BCUT2D eigenvalue weighted by Crippen LogP contribution is 2.35. The molecule has 1 atom stereocenters. The molecule has 0 bridgehead atoms. The van der Waals surface area contributed by atoms with E-state index in [1.807, 2.05) is 6.92 Å². The molecule has 0 saturated carbocycles. The summed E-state index contributed by atoms with van der Waals surface area (Å²) in [7, 11) is 3.27. The van der Waals surface area contributed by atoms with E-state index in [1.165, 1.54) is 17.0 Å². The molecular weight excluding hydrogens is 385 g/mol. The SMILES string of the molecule is C[C@H]1COc2nc(C(=O)N(C)C)c(Cc3ccc(F)cc3)cc2N1C(=O)CCl. The lowest BCUT2D eigenvalue weighted by molar-refractivity contribution is -0.117. The number of pyridine rings is 1. The summed E-state index contributed by atoms with van der Waals surface area (Å²) >= 11 is 5.78. The molecule has 148 valence electrons. The van der Waals surface area contributed by atoms with E-state index in [2.05, 4.69) is 4.98 Å². The molecule has 2 aromatic rings. The normalized spacial score (nSPS) is 15.6. The minimum absolute atomic E-state index is 0.171. The molecule has 0 N–H and O–H groups in total. The maximum Gasteiger partial charge on any atom is 0.272 e. The largest absolute Gasteiger partial charge is 0.474 e. The second-order valence-electron chi connectivity index (χ2n) is 6.88. The van der Waals surface area contributed by atoms with Crippen molar-refractivity contribution in [3.63, 3.8) is 0 Å². The summed E-state index contributed by atoms with van der Waals surface area (Å²) in [5, 5.41) is 0. The number of amides is 2. The van der Waals surface area contributed by atoms with Crippen LogP contribution in [-0.4, -0.2) is 54.3 Å². The first kappa shape index (κ1) is 20.1. The first-order valence-electron chi connectivity index (χ1n) is 8.82. The number of ether oxygens (including phenoxy) is 1. The molecule has 0 unspecified atom stereocenters. The highest BCUT2D eigenvalue weighted by Gasteiger charge is 2.32. The van der Waals surface area contributed by atoms with E-state index in [1.54, 1.807) is 37.2 Å². The molecule has 1 aliphatic heterocycles. The summed E-state index contributed by atoms with van der Waals surface area (Å²) in [6, 6.07) is 7.56. The van der Waals surface area contributed by atoms with Gasteiger partial charge in [0.1, 0.15) is 29.7 Å². The molecule has 1 aromatic carbocycles. The van der Waals surface area contributed by atoms with Gasteiger partial charge >= 0.3 is 0 Å². The van der Waals surface area contributed by atoms with E-state index in [-0.39, 0.29) is 47.7 Å². The molecule has 0 fully saturated rings. The second kappa shape index (κ2) is 8.14. The minimum Gasteiger partial charge on any atom is -0.474 e. The van der Waals surface area contributed by atoms with Crippen LogP contribution in [0.25, 0.3) is 0 Å². The van der Waals surface area contributed by atoms with Crippen LogP contribution in [0.1, 0.15) is 28.5 Å².